The molecular weight excluding hydrogens is 428 g/mol. The molecule has 0 aliphatic heterocycles. The number of nitrogens with zero attached hydrogens (tertiary/aromatic N) is 1. The van der Waals surface area contributed by atoms with E-state index < -0.39 is 6.04 Å². The Kier molecular flexibility index (Phi) is 9.86. The second kappa shape index (κ2) is 12.8. The van der Waals surface area contributed by atoms with E-state index in [0.29, 0.717) is 18.7 Å². The Bertz CT molecular complexity index is 906. The highest BCUT2D eigenvalue weighted by Crippen LogP contribution is 2.20. The second-order valence-electron chi connectivity index (χ2n) is 9.26. The number of aryl methyl sites for hydroxylation is 2. The van der Waals surface area contributed by atoms with Crippen LogP contribution in [0.4, 0.5) is 0 Å². The molecular formula is C28H38N2O2S. The average Bonchev–Trinajstić information content (AvgIpc) is 2.81. The van der Waals surface area contributed by atoms with Gasteiger partial charge in [0.05, 0.1) is 5.75 Å². The van der Waals surface area contributed by atoms with E-state index in [-0.39, 0.29) is 17.9 Å². The Labute approximate surface area is 203 Å². The van der Waals surface area contributed by atoms with Crippen LogP contribution < -0.4 is 5.32 Å². The molecule has 2 aromatic rings. The van der Waals surface area contributed by atoms with Gasteiger partial charge in [-0.2, -0.15) is 0 Å². The molecule has 1 aliphatic carbocycles. The van der Waals surface area contributed by atoms with E-state index in [1.807, 2.05) is 6.92 Å². The Morgan fingerprint density at radius 3 is 2.39 bits per heavy atom. The maximum absolute atomic E-state index is 13.4. The van der Waals surface area contributed by atoms with Crippen molar-refractivity contribution in [3.63, 3.8) is 0 Å². The molecule has 5 heteroatoms. The predicted molar refractivity (Wildman–Crippen MR) is 138 cm³/mol. The van der Waals surface area contributed by atoms with E-state index in [1.165, 1.54) is 36.0 Å². The first-order valence-electron chi connectivity index (χ1n) is 12.2. The lowest BCUT2D eigenvalue weighted by Gasteiger charge is -2.32. The molecule has 1 unspecified atom stereocenters. The highest BCUT2D eigenvalue weighted by molar-refractivity contribution is 7.99. The van der Waals surface area contributed by atoms with Gasteiger partial charge in [-0.1, -0.05) is 85.8 Å². The van der Waals surface area contributed by atoms with Crippen molar-refractivity contribution in [2.24, 2.45) is 0 Å². The molecule has 33 heavy (non-hydrogen) atoms. The fraction of sp³-hybridized carbons (Fsp3) is 0.500. The van der Waals surface area contributed by atoms with Gasteiger partial charge in [0.1, 0.15) is 6.04 Å². The van der Waals surface area contributed by atoms with Crippen LogP contribution in [0.2, 0.25) is 0 Å². The number of nitrogens with one attached hydrogen (secondary N) is 1. The van der Waals surface area contributed by atoms with Gasteiger partial charge < -0.3 is 10.2 Å². The molecule has 1 saturated carbocycles. The van der Waals surface area contributed by atoms with Crippen molar-refractivity contribution < 1.29 is 9.59 Å². The van der Waals surface area contributed by atoms with Crippen LogP contribution in [0, 0.1) is 13.8 Å². The van der Waals surface area contributed by atoms with Crippen LogP contribution in [-0.2, 0) is 21.9 Å². The molecule has 2 amide bonds. The Morgan fingerprint density at radius 1 is 1.00 bits per heavy atom. The Morgan fingerprint density at radius 2 is 1.73 bits per heavy atom. The maximum atomic E-state index is 13.4. The van der Waals surface area contributed by atoms with E-state index in [2.05, 4.69) is 67.7 Å². The van der Waals surface area contributed by atoms with Gasteiger partial charge in [0, 0.05) is 18.3 Å². The number of rotatable bonds is 10. The number of hydrogen-bond acceptors (Lipinski definition) is 3. The Balaban J connectivity index is 1.69. The summed E-state index contributed by atoms with van der Waals surface area (Å²) in [6.45, 7) is 6.60. The lowest BCUT2D eigenvalue weighted by Crippen LogP contribution is -2.52. The maximum Gasteiger partial charge on any atom is 0.243 e. The summed E-state index contributed by atoms with van der Waals surface area (Å²) in [4.78, 5) is 28.4. The van der Waals surface area contributed by atoms with Crippen molar-refractivity contribution in [2.75, 3.05) is 5.75 Å². The third-order valence-corrected chi connectivity index (χ3v) is 7.38. The lowest BCUT2D eigenvalue weighted by atomic mass is 9.95. The van der Waals surface area contributed by atoms with Crippen LogP contribution in [0.1, 0.15) is 67.7 Å². The van der Waals surface area contributed by atoms with Gasteiger partial charge in [0.15, 0.2) is 0 Å². The average molecular weight is 467 g/mol. The third kappa shape index (κ3) is 7.92. The highest BCUT2D eigenvalue weighted by Gasteiger charge is 2.30. The topological polar surface area (TPSA) is 49.4 Å². The van der Waals surface area contributed by atoms with Crippen molar-refractivity contribution in [1.29, 1.82) is 0 Å². The van der Waals surface area contributed by atoms with Crippen molar-refractivity contribution in [3.8, 4) is 0 Å². The molecule has 0 saturated heterocycles. The first-order valence-corrected chi connectivity index (χ1v) is 13.4. The first-order chi connectivity index (χ1) is 16.0. The van der Waals surface area contributed by atoms with Crippen molar-refractivity contribution >= 4 is 23.6 Å². The molecule has 0 spiro atoms. The third-order valence-electron chi connectivity index (χ3n) is 6.39. The fourth-order valence-electron chi connectivity index (χ4n) is 4.50. The number of benzene rings is 2. The summed E-state index contributed by atoms with van der Waals surface area (Å²) in [6.07, 6.45) is 6.28. The molecule has 0 aromatic heterocycles. The molecule has 1 aliphatic rings. The van der Waals surface area contributed by atoms with E-state index in [4.69, 9.17) is 0 Å². The van der Waals surface area contributed by atoms with Gasteiger partial charge in [-0.25, -0.2) is 0 Å². The summed E-state index contributed by atoms with van der Waals surface area (Å²) in [5.74, 6) is 1.18. The molecule has 0 bridgehead atoms. The standard InChI is InChI=1S/C28H38N2O2S/c1-4-26(28(32)29-25-11-6-5-7-12-25)30(18-23-15-13-21(2)14-16-23)27(31)20-33-19-24-10-8-9-22(3)17-24/h8-10,13-17,25-26H,4-7,11-12,18-20H2,1-3H3,(H,29,32). The molecule has 2 aromatic carbocycles. The number of carbonyl (C=O) groups excluding carboxylic acids is 2. The van der Waals surface area contributed by atoms with Crippen molar-refractivity contribution in [2.45, 2.75) is 83.7 Å². The molecule has 0 heterocycles. The van der Waals surface area contributed by atoms with Gasteiger partial charge in [-0.05, 0) is 44.2 Å². The largest absolute Gasteiger partial charge is 0.352 e. The monoisotopic (exact) mass is 466 g/mol. The molecule has 0 radical (unpaired) electrons. The van der Waals surface area contributed by atoms with E-state index >= 15 is 0 Å². The van der Waals surface area contributed by atoms with Gasteiger partial charge >= 0.3 is 0 Å². The fourth-order valence-corrected chi connectivity index (χ4v) is 5.35. The molecule has 1 atom stereocenters. The molecule has 1 fully saturated rings. The summed E-state index contributed by atoms with van der Waals surface area (Å²) >= 11 is 1.62. The number of hydrogen-bond donors (Lipinski definition) is 1. The minimum Gasteiger partial charge on any atom is -0.352 e. The van der Waals surface area contributed by atoms with Gasteiger partial charge in [-0.3, -0.25) is 9.59 Å². The van der Waals surface area contributed by atoms with Gasteiger partial charge in [-0.15, -0.1) is 11.8 Å². The zero-order chi connectivity index (χ0) is 23.6. The van der Waals surface area contributed by atoms with Crippen LogP contribution in [0.5, 0.6) is 0 Å². The van der Waals surface area contributed by atoms with E-state index in [1.54, 1.807) is 16.7 Å². The summed E-state index contributed by atoms with van der Waals surface area (Å²) in [5.41, 5.74) is 4.69. The van der Waals surface area contributed by atoms with Crippen molar-refractivity contribution in [3.05, 3.63) is 70.8 Å². The predicted octanol–water partition coefficient (Wildman–Crippen LogP) is 5.79. The van der Waals surface area contributed by atoms with Crippen LogP contribution in [0.25, 0.3) is 0 Å². The second-order valence-corrected chi connectivity index (χ2v) is 10.2. The molecule has 3 rings (SSSR count). The zero-order valence-corrected chi connectivity index (χ0v) is 21.1. The Hall–Kier alpha value is -2.27. The summed E-state index contributed by atoms with van der Waals surface area (Å²) in [5, 5.41) is 3.25. The minimum absolute atomic E-state index is 0.00598. The number of carbonyl (C=O) groups is 2. The van der Waals surface area contributed by atoms with Crippen LogP contribution in [-0.4, -0.2) is 34.6 Å². The first kappa shape index (κ1) is 25.4. The lowest BCUT2D eigenvalue weighted by molar-refractivity contribution is -0.139. The minimum atomic E-state index is -0.444. The summed E-state index contributed by atoms with van der Waals surface area (Å²) in [7, 11) is 0. The number of thioether (sulfide) groups is 1. The molecule has 178 valence electrons. The SMILES string of the molecule is CCC(C(=O)NC1CCCCC1)N(Cc1ccc(C)cc1)C(=O)CSCc1cccc(C)c1. The molecule has 1 N–H and O–H groups in total. The van der Waals surface area contributed by atoms with E-state index in [0.717, 1.165) is 24.2 Å². The summed E-state index contributed by atoms with van der Waals surface area (Å²) < 4.78 is 0. The zero-order valence-electron chi connectivity index (χ0n) is 20.3. The van der Waals surface area contributed by atoms with Gasteiger partial charge in [0.25, 0.3) is 0 Å². The van der Waals surface area contributed by atoms with Crippen LogP contribution in [0.3, 0.4) is 0 Å². The quantitative estimate of drug-likeness (QED) is 0.482. The molecule has 4 nitrogen and oxygen atoms in total. The van der Waals surface area contributed by atoms with Gasteiger partial charge in [0.2, 0.25) is 11.8 Å². The summed E-state index contributed by atoms with van der Waals surface area (Å²) in [6, 6.07) is 16.4. The van der Waals surface area contributed by atoms with Crippen LogP contribution >= 0.6 is 11.8 Å². The van der Waals surface area contributed by atoms with E-state index in [9.17, 15) is 9.59 Å². The highest BCUT2D eigenvalue weighted by atomic mass is 32.2. The smallest absolute Gasteiger partial charge is 0.243 e. The normalized spacial score (nSPS) is 15.1. The number of amides is 2. The van der Waals surface area contributed by atoms with Crippen molar-refractivity contribution in [1.82, 2.24) is 10.2 Å². The van der Waals surface area contributed by atoms with Crippen LogP contribution in [0.15, 0.2) is 48.5 Å².